The lowest BCUT2D eigenvalue weighted by atomic mass is 10.1. The number of phenolic OH excluding ortho intramolecular Hbond substituents is 1. The van der Waals surface area contributed by atoms with Gasteiger partial charge in [0.15, 0.2) is 0 Å². The minimum Gasteiger partial charge on any atom is -0.508 e. The Bertz CT molecular complexity index is 766. The molecule has 0 saturated carbocycles. The summed E-state index contributed by atoms with van der Waals surface area (Å²) in [6.07, 6.45) is 0.833. The monoisotopic (exact) mass is 350 g/mol. The molecule has 0 amide bonds. The van der Waals surface area contributed by atoms with E-state index < -0.39 is 5.97 Å². The molecule has 0 bridgehead atoms. The molecule has 3 rings (SSSR count). The summed E-state index contributed by atoms with van der Waals surface area (Å²) in [6.45, 7) is 2.96. The largest absolute Gasteiger partial charge is 0.508 e. The maximum absolute atomic E-state index is 9.25. The Labute approximate surface area is 153 Å². The molecule has 3 aromatic rings. The Morgan fingerprint density at radius 3 is 1.65 bits per heavy atom. The van der Waals surface area contributed by atoms with Gasteiger partial charge in [0.05, 0.1) is 7.11 Å². The van der Waals surface area contributed by atoms with Crippen LogP contribution in [-0.4, -0.2) is 23.3 Å². The van der Waals surface area contributed by atoms with Gasteiger partial charge < -0.3 is 14.9 Å². The number of aliphatic carboxylic acids is 1. The van der Waals surface area contributed by atoms with E-state index in [9.17, 15) is 4.79 Å². The van der Waals surface area contributed by atoms with Crippen LogP contribution in [0.4, 0.5) is 0 Å². The quantitative estimate of drug-likeness (QED) is 0.652. The van der Waals surface area contributed by atoms with Crippen molar-refractivity contribution in [3.05, 3.63) is 97.6 Å². The van der Waals surface area contributed by atoms with Gasteiger partial charge in [-0.3, -0.25) is 0 Å². The van der Waals surface area contributed by atoms with E-state index in [1.165, 1.54) is 5.56 Å². The molecular weight excluding hydrogens is 328 g/mol. The van der Waals surface area contributed by atoms with Crippen LogP contribution in [0.2, 0.25) is 0 Å². The maximum atomic E-state index is 9.25. The smallest absolute Gasteiger partial charge is 0.327 e. The topological polar surface area (TPSA) is 66.8 Å². The Morgan fingerprint density at radius 1 is 0.846 bits per heavy atom. The number of rotatable bonds is 3. The Morgan fingerprint density at radius 2 is 1.27 bits per heavy atom. The number of aromatic hydroxyl groups is 1. The molecule has 0 spiro atoms. The number of carboxylic acid groups (broad SMARTS) is 1. The van der Waals surface area contributed by atoms with Gasteiger partial charge in [0.2, 0.25) is 0 Å². The zero-order valence-electron chi connectivity index (χ0n) is 14.6. The van der Waals surface area contributed by atoms with E-state index in [1.807, 2.05) is 72.8 Å². The lowest BCUT2D eigenvalue weighted by molar-refractivity contribution is -0.131. The van der Waals surface area contributed by atoms with E-state index >= 15 is 0 Å². The molecule has 0 aliphatic carbocycles. The molecule has 0 saturated heterocycles. The molecule has 2 N–H and O–H groups in total. The first-order chi connectivity index (χ1) is 12.6. The first-order valence-corrected chi connectivity index (χ1v) is 7.85. The molecule has 0 atom stereocenters. The number of methoxy groups -OCH3 is 1. The Balaban J connectivity index is 0.000000223. The zero-order valence-corrected chi connectivity index (χ0v) is 14.6. The van der Waals surface area contributed by atoms with E-state index in [0.717, 1.165) is 17.4 Å². The minimum absolute atomic E-state index is 0.305. The molecule has 0 aromatic heterocycles. The molecule has 0 fully saturated rings. The van der Waals surface area contributed by atoms with Crippen LogP contribution in [0.15, 0.2) is 97.6 Å². The first-order valence-electron chi connectivity index (χ1n) is 7.85. The summed E-state index contributed by atoms with van der Waals surface area (Å²) < 4.78 is 4.91. The maximum Gasteiger partial charge on any atom is 0.327 e. The number of hydrogen-bond donors (Lipinski definition) is 2. The number of benzene rings is 3. The van der Waals surface area contributed by atoms with Crippen LogP contribution in [0.3, 0.4) is 0 Å². The lowest BCUT2D eigenvalue weighted by Gasteiger charge is -2.00. The van der Waals surface area contributed by atoms with Crippen molar-refractivity contribution < 1.29 is 19.7 Å². The highest BCUT2D eigenvalue weighted by Gasteiger charge is 1.94. The molecule has 0 radical (unpaired) electrons. The standard InChI is InChI=1S/C12H10O.C7H8O.C3H4O2/c13-12-8-6-11(7-9-12)10-4-2-1-3-5-10;1-8-7-5-3-2-4-6-7;1-2-3(4)5/h1-9,13H;2-6H,1H3;2H,1H2,(H,4,5). The first kappa shape index (κ1) is 20.5. The molecule has 0 aliphatic heterocycles. The minimum atomic E-state index is -0.981. The molecule has 3 aromatic carbocycles. The van der Waals surface area contributed by atoms with Crippen molar-refractivity contribution >= 4 is 5.97 Å². The highest BCUT2D eigenvalue weighted by molar-refractivity contribution is 5.78. The Hall–Kier alpha value is -3.53. The van der Waals surface area contributed by atoms with Crippen molar-refractivity contribution in [3.8, 4) is 22.6 Å². The summed E-state index contributed by atoms with van der Waals surface area (Å²) in [5.41, 5.74) is 2.29. The highest BCUT2D eigenvalue weighted by Crippen LogP contribution is 2.20. The zero-order chi connectivity index (χ0) is 19.2. The van der Waals surface area contributed by atoms with Crippen LogP contribution in [0.5, 0.6) is 11.5 Å². The van der Waals surface area contributed by atoms with Crippen molar-refractivity contribution in [1.29, 1.82) is 0 Å². The van der Waals surface area contributed by atoms with Crippen molar-refractivity contribution in [1.82, 2.24) is 0 Å². The van der Waals surface area contributed by atoms with Crippen molar-refractivity contribution in [2.24, 2.45) is 0 Å². The van der Waals surface area contributed by atoms with Gasteiger partial charge in [0.25, 0.3) is 0 Å². The second-order valence-electron chi connectivity index (χ2n) is 4.97. The second-order valence-corrected chi connectivity index (χ2v) is 4.97. The number of para-hydroxylation sites is 1. The molecule has 4 nitrogen and oxygen atoms in total. The molecule has 26 heavy (non-hydrogen) atoms. The third kappa shape index (κ3) is 8.36. The fraction of sp³-hybridized carbons (Fsp3) is 0.0455. The molecule has 0 unspecified atom stereocenters. The van der Waals surface area contributed by atoms with Gasteiger partial charge in [0.1, 0.15) is 11.5 Å². The summed E-state index contributed by atoms with van der Waals surface area (Å²) in [6, 6.07) is 27.0. The number of ether oxygens (including phenoxy) is 1. The van der Waals surface area contributed by atoms with Crippen LogP contribution in [0.25, 0.3) is 11.1 Å². The summed E-state index contributed by atoms with van der Waals surface area (Å²) in [7, 11) is 1.66. The van der Waals surface area contributed by atoms with E-state index in [2.05, 4.69) is 6.58 Å². The molecule has 134 valence electrons. The summed E-state index contributed by atoms with van der Waals surface area (Å²) >= 11 is 0. The highest BCUT2D eigenvalue weighted by atomic mass is 16.5. The second kappa shape index (κ2) is 11.9. The van der Waals surface area contributed by atoms with Crippen molar-refractivity contribution in [2.75, 3.05) is 7.11 Å². The predicted octanol–water partition coefficient (Wildman–Crippen LogP) is 5.01. The molecule has 0 heterocycles. The van der Waals surface area contributed by atoms with Crippen LogP contribution < -0.4 is 4.74 Å². The lowest BCUT2D eigenvalue weighted by Crippen LogP contribution is -1.82. The van der Waals surface area contributed by atoms with E-state index in [-0.39, 0.29) is 0 Å². The van der Waals surface area contributed by atoms with Gasteiger partial charge in [-0.15, -0.1) is 0 Å². The number of phenols is 1. The summed E-state index contributed by atoms with van der Waals surface area (Å²) in [4.78, 5) is 9.25. The van der Waals surface area contributed by atoms with Crippen molar-refractivity contribution in [3.63, 3.8) is 0 Å². The average Bonchev–Trinajstić information content (AvgIpc) is 2.71. The Kier molecular flexibility index (Phi) is 9.41. The van der Waals surface area contributed by atoms with Crippen LogP contribution in [0, 0.1) is 0 Å². The van der Waals surface area contributed by atoms with Crippen LogP contribution in [0.1, 0.15) is 0 Å². The fourth-order valence-corrected chi connectivity index (χ4v) is 1.84. The van der Waals surface area contributed by atoms with Gasteiger partial charge in [-0.05, 0) is 35.4 Å². The van der Waals surface area contributed by atoms with Crippen molar-refractivity contribution in [2.45, 2.75) is 0 Å². The van der Waals surface area contributed by atoms with Crippen LogP contribution >= 0.6 is 0 Å². The number of carbonyl (C=O) groups is 1. The van der Waals surface area contributed by atoms with Gasteiger partial charge >= 0.3 is 5.97 Å². The van der Waals surface area contributed by atoms with E-state index in [4.69, 9.17) is 14.9 Å². The summed E-state index contributed by atoms with van der Waals surface area (Å²) in [5, 5.41) is 16.7. The van der Waals surface area contributed by atoms with Crippen LogP contribution in [-0.2, 0) is 4.79 Å². The van der Waals surface area contributed by atoms with Gasteiger partial charge in [0, 0.05) is 6.08 Å². The predicted molar refractivity (Wildman–Crippen MR) is 104 cm³/mol. The van der Waals surface area contributed by atoms with E-state index in [1.54, 1.807) is 19.2 Å². The average molecular weight is 350 g/mol. The van der Waals surface area contributed by atoms with Gasteiger partial charge in [-0.1, -0.05) is 67.2 Å². The molecule has 0 aliphatic rings. The summed E-state index contributed by atoms with van der Waals surface area (Å²) in [5.74, 6) is 0.234. The SMILES string of the molecule is C=CC(=O)O.COc1ccccc1.Oc1ccc(-c2ccccc2)cc1. The van der Waals surface area contributed by atoms with E-state index in [0.29, 0.717) is 5.75 Å². The number of hydrogen-bond acceptors (Lipinski definition) is 3. The normalized spacial score (nSPS) is 8.81. The van der Waals surface area contributed by atoms with Gasteiger partial charge in [-0.2, -0.15) is 0 Å². The third-order valence-corrected chi connectivity index (χ3v) is 3.13. The number of carboxylic acids is 1. The fourth-order valence-electron chi connectivity index (χ4n) is 1.84. The molecule has 4 heteroatoms. The van der Waals surface area contributed by atoms with Gasteiger partial charge in [-0.25, -0.2) is 4.79 Å². The molecular formula is C22H22O4. The third-order valence-electron chi connectivity index (χ3n) is 3.13.